The van der Waals surface area contributed by atoms with Crippen molar-refractivity contribution >= 4 is 21.2 Å². The van der Waals surface area contributed by atoms with Crippen LogP contribution in [0.25, 0.3) is 0 Å². The zero-order valence-corrected chi connectivity index (χ0v) is 9.85. The number of nitrogens with zero attached hydrogens (tertiary/aromatic N) is 1. The Kier molecular flexibility index (Phi) is 3.08. The van der Waals surface area contributed by atoms with Crippen molar-refractivity contribution in [1.82, 2.24) is 4.98 Å². The second kappa shape index (κ2) is 4.19. The van der Waals surface area contributed by atoms with Crippen LogP contribution in [0.5, 0.6) is 0 Å². The summed E-state index contributed by atoms with van der Waals surface area (Å²) >= 11 is 1.51. The van der Waals surface area contributed by atoms with E-state index in [-0.39, 0.29) is 24.0 Å². The van der Waals surface area contributed by atoms with Crippen LogP contribution in [-0.4, -0.2) is 30.0 Å². The van der Waals surface area contributed by atoms with Crippen LogP contribution in [0.2, 0.25) is 0 Å². The van der Waals surface area contributed by atoms with Gasteiger partial charge in [0.1, 0.15) is 9.84 Å². The molecule has 84 valence electrons. The monoisotopic (exact) mass is 247 g/mol. The molecule has 2 heterocycles. The molecule has 1 saturated heterocycles. The van der Waals surface area contributed by atoms with Crippen LogP contribution >= 0.6 is 11.3 Å². The van der Waals surface area contributed by atoms with Crippen molar-refractivity contribution < 1.29 is 13.5 Å². The average molecular weight is 247 g/mol. The SMILES string of the molecule is O=S1(=O)CCC(c2nc(CO)cs2)CC1. The predicted molar refractivity (Wildman–Crippen MR) is 58.7 cm³/mol. The van der Waals surface area contributed by atoms with Gasteiger partial charge in [-0.25, -0.2) is 13.4 Å². The highest BCUT2D eigenvalue weighted by molar-refractivity contribution is 7.91. The summed E-state index contributed by atoms with van der Waals surface area (Å²) in [6.45, 7) is -0.0402. The van der Waals surface area contributed by atoms with Gasteiger partial charge in [0.15, 0.2) is 0 Å². The van der Waals surface area contributed by atoms with E-state index in [9.17, 15) is 8.42 Å². The lowest BCUT2D eigenvalue weighted by Gasteiger charge is -2.19. The van der Waals surface area contributed by atoms with Gasteiger partial charge in [-0.2, -0.15) is 0 Å². The molecule has 15 heavy (non-hydrogen) atoms. The summed E-state index contributed by atoms with van der Waals surface area (Å²) in [5.41, 5.74) is 0.684. The van der Waals surface area contributed by atoms with E-state index >= 15 is 0 Å². The molecule has 0 radical (unpaired) electrons. The molecule has 0 saturated carbocycles. The summed E-state index contributed by atoms with van der Waals surface area (Å²) in [7, 11) is -2.79. The molecule has 0 amide bonds. The minimum absolute atomic E-state index is 0.0402. The maximum absolute atomic E-state index is 11.2. The molecule has 1 aromatic rings. The number of hydrogen-bond acceptors (Lipinski definition) is 5. The molecule has 4 nitrogen and oxygen atoms in total. The van der Waals surface area contributed by atoms with Crippen LogP contribution in [0.1, 0.15) is 29.5 Å². The summed E-state index contributed by atoms with van der Waals surface area (Å²) < 4.78 is 22.5. The van der Waals surface area contributed by atoms with Gasteiger partial charge in [0.2, 0.25) is 0 Å². The molecule has 0 spiro atoms. The third-order valence-corrected chi connectivity index (χ3v) is 5.41. The number of rotatable bonds is 2. The summed E-state index contributed by atoms with van der Waals surface area (Å²) in [6.07, 6.45) is 1.33. The van der Waals surface area contributed by atoms with Crippen LogP contribution in [0.4, 0.5) is 0 Å². The summed E-state index contributed by atoms with van der Waals surface area (Å²) in [4.78, 5) is 4.27. The van der Waals surface area contributed by atoms with Gasteiger partial charge in [0.05, 0.1) is 28.8 Å². The topological polar surface area (TPSA) is 67.3 Å². The molecule has 0 bridgehead atoms. The molecule has 1 aromatic heterocycles. The maximum Gasteiger partial charge on any atom is 0.150 e. The van der Waals surface area contributed by atoms with Crippen LogP contribution < -0.4 is 0 Å². The van der Waals surface area contributed by atoms with E-state index in [0.29, 0.717) is 18.5 Å². The van der Waals surface area contributed by atoms with E-state index < -0.39 is 9.84 Å². The minimum Gasteiger partial charge on any atom is -0.390 e. The fourth-order valence-corrected chi connectivity index (χ4v) is 4.19. The van der Waals surface area contributed by atoms with Crippen molar-refractivity contribution in [3.05, 3.63) is 16.1 Å². The van der Waals surface area contributed by atoms with E-state index in [1.54, 1.807) is 0 Å². The van der Waals surface area contributed by atoms with Gasteiger partial charge in [-0.3, -0.25) is 0 Å². The molecule has 1 aliphatic heterocycles. The molecular formula is C9H13NO3S2. The van der Waals surface area contributed by atoms with Gasteiger partial charge in [-0.05, 0) is 12.8 Å². The van der Waals surface area contributed by atoms with E-state index in [4.69, 9.17) is 5.11 Å². The molecular weight excluding hydrogens is 234 g/mol. The normalized spacial score (nSPS) is 21.7. The lowest BCUT2D eigenvalue weighted by atomic mass is 10.0. The zero-order chi connectivity index (χ0) is 10.9. The number of aromatic nitrogens is 1. The number of aliphatic hydroxyl groups is 1. The van der Waals surface area contributed by atoms with E-state index in [2.05, 4.69) is 4.98 Å². The fraction of sp³-hybridized carbons (Fsp3) is 0.667. The van der Waals surface area contributed by atoms with E-state index in [1.807, 2.05) is 5.38 Å². The number of hydrogen-bond donors (Lipinski definition) is 1. The standard InChI is InChI=1S/C9H13NO3S2/c11-5-8-6-14-9(10-8)7-1-3-15(12,13)4-2-7/h6-7,11H,1-5H2. The summed E-state index contributed by atoms with van der Waals surface area (Å²) in [5, 5.41) is 11.7. The lowest BCUT2D eigenvalue weighted by molar-refractivity contribution is 0.277. The highest BCUT2D eigenvalue weighted by atomic mass is 32.2. The summed E-state index contributed by atoms with van der Waals surface area (Å²) in [5.74, 6) is 0.802. The Morgan fingerprint density at radius 1 is 1.47 bits per heavy atom. The first kappa shape index (κ1) is 11.0. The molecule has 0 unspecified atom stereocenters. The average Bonchev–Trinajstić information content (AvgIpc) is 2.66. The molecule has 1 fully saturated rings. The quantitative estimate of drug-likeness (QED) is 0.844. The van der Waals surface area contributed by atoms with Crippen molar-refractivity contribution in [2.45, 2.75) is 25.4 Å². The zero-order valence-electron chi connectivity index (χ0n) is 8.22. The Balaban J connectivity index is 2.07. The Labute approximate surface area is 92.9 Å². The molecule has 1 N–H and O–H groups in total. The third kappa shape index (κ3) is 2.56. The predicted octanol–water partition coefficient (Wildman–Crippen LogP) is 0.928. The minimum atomic E-state index is -2.79. The number of thiazole rings is 1. The molecule has 2 rings (SSSR count). The van der Waals surface area contributed by atoms with Gasteiger partial charge < -0.3 is 5.11 Å². The molecule has 1 aliphatic rings. The van der Waals surface area contributed by atoms with Crippen LogP contribution in [0, 0.1) is 0 Å². The van der Waals surface area contributed by atoms with Gasteiger partial charge in [-0.1, -0.05) is 0 Å². The molecule has 0 aromatic carbocycles. The van der Waals surface area contributed by atoms with Crippen LogP contribution in [0.3, 0.4) is 0 Å². The van der Waals surface area contributed by atoms with Crippen molar-refractivity contribution in [1.29, 1.82) is 0 Å². The van der Waals surface area contributed by atoms with Crippen molar-refractivity contribution in [3.63, 3.8) is 0 Å². The molecule has 0 atom stereocenters. The highest BCUT2D eigenvalue weighted by Gasteiger charge is 2.26. The van der Waals surface area contributed by atoms with Crippen molar-refractivity contribution in [3.8, 4) is 0 Å². The van der Waals surface area contributed by atoms with Gasteiger partial charge in [0.25, 0.3) is 0 Å². The maximum atomic E-state index is 11.2. The van der Waals surface area contributed by atoms with Crippen LogP contribution in [0.15, 0.2) is 5.38 Å². The third-order valence-electron chi connectivity index (χ3n) is 2.64. The highest BCUT2D eigenvalue weighted by Crippen LogP contribution is 2.31. The number of aliphatic hydroxyl groups excluding tert-OH is 1. The first-order valence-corrected chi connectivity index (χ1v) is 7.56. The van der Waals surface area contributed by atoms with E-state index in [1.165, 1.54) is 11.3 Å². The Hall–Kier alpha value is -0.460. The largest absolute Gasteiger partial charge is 0.390 e. The van der Waals surface area contributed by atoms with Gasteiger partial charge in [-0.15, -0.1) is 11.3 Å². The second-order valence-corrected chi connectivity index (χ2v) is 6.95. The summed E-state index contributed by atoms with van der Waals surface area (Å²) in [6, 6.07) is 0. The number of sulfone groups is 1. The molecule has 6 heteroatoms. The first-order chi connectivity index (χ1) is 7.11. The Morgan fingerprint density at radius 2 is 2.13 bits per heavy atom. The smallest absolute Gasteiger partial charge is 0.150 e. The molecule has 0 aliphatic carbocycles. The van der Waals surface area contributed by atoms with Crippen molar-refractivity contribution in [2.24, 2.45) is 0 Å². The Bertz CT molecular complexity index is 424. The van der Waals surface area contributed by atoms with Crippen LogP contribution in [-0.2, 0) is 16.4 Å². The lowest BCUT2D eigenvalue weighted by Crippen LogP contribution is -2.22. The van der Waals surface area contributed by atoms with Gasteiger partial charge >= 0.3 is 0 Å². The first-order valence-electron chi connectivity index (χ1n) is 4.86. The fourth-order valence-electron chi connectivity index (χ4n) is 1.72. The second-order valence-electron chi connectivity index (χ2n) is 3.76. The van der Waals surface area contributed by atoms with Gasteiger partial charge in [0, 0.05) is 11.3 Å². The van der Waals surface area contributed by atoms with Crippen molar-refractivity contribution in [2.75, 3.05) is 11.5 Å². The van der Waals surface area contributed by atoms with E-state index in [0.717, 1.165) is 5.01 Å². The Morgan fingerprint density at radius 3 is 2.67 bits per heavy atom.